The van der Waals surface area contributed by atoms with Crippen LogP contribution in [-0.2, 0) is 9.59 Å². The van der Waals surface area contributed by atoms with Gasteiger partial charge in [0.1, 0.15) is 0 Å². The van der Waals surface area contributed by atoms with Gasteiger partial charge in [-0.15, -0.1) is 0 Å². The molecule has 1 aliphatic heterocycles. The lowest BCUT2D eigenvalue weighted by Crippen LogP contribution is -2.38. The lowest BCUT2D eigenvalue weighted by Gasteiger charge is -2.31. The van der Waals surface area contributed by atoms with E-state index in [4.69, 9.17) is 10.2 Å². The van der Waals surface area contributed by atoms with E-state index in [1.807, 2.05) is 0 Å². The van der Waals surface area contributed by atoms with Gasteiger partial charge in [-0.05, 0) is 19.4 Å². The van der Waals surface area contributed by atoms with Crippen molar-refractivity contribution in [3.63, 3.8) is 0 Å². The van der Waals surface area contributed by atoms with E-state index in [0.29, 0.717) is 17.5 Å². The van der Waals surface area contributed by atoms with Gasteiger partial charge in [0.25, 0.3) is 0 Å². The van der Waals surface area contributed by atoms with Crippen LogP contribution in [0.15, 0.2) is 0 Å². The van der Waals surface area contributed by atoms with Crippen molar-refractivity contribution in [1.29, 1.82) is 0 Å². The Bertz CT molecular complexity index is 272. The van der Waals surface area contributed by atoms with Crippen LogP contribution in [0.25, 0.3) is 0 Å². The highest BCUT2D eigenvalue weighted by Crippen LogP contribution is 2.23. The van der Waals surface area contributed by atoms with Crippen molar-refractivity contribution < 1.29 is 19.8 Å². The summed E-state index contributed by atoms with van der Waals surface area (Å²) in [4.78, 5) is 23.0. The Labute approximate surface area is 105 Å². The minimum absolute atomic E-state index is 0.187. The first-order chi connectivity index (χ1) is 8.08. The Morgan fingerprint density at radius 1 is 1.24 bits per heavy atom. The van der Waals surface area contributed by atoms with Crippen molar-refractivity contribution in [2.24, 2.45) is 0 Å². The number of carbonyl (C=O) groups is 2. The SMILES string of the molecule is O=C(O)CCSC1CCCN(CCC(=O)O)C1. The number of hydrogen-bond donors (Lipinski definition) is 2. The maximum absolute atomic E-state index is 10.5. The number of carboxylic acid groups (broad SMARTS) is 2. The molecule has 1 heterocycles. The third-order valence-corrected chi connectivity index (χ3v) is 4.07. The molecule has 5 nitrogen and oxygen atoms in total. The number of piperidine rings is 1. The molecule has 0 aromatic carbocycles. The van der Waals surface area contributed by atoms with Crippen LogP contribution in [0.4, 0.5) is 0 Å². The van der Waals surface area contributed by atoms with E-state index in [9.17, 15) is 9.59 Å². The zero-order valence-corrected chi connectivity index (χ0v) is 10.6. The first-order valence-corrected chi connectivity index (χ1v) is 6.90. The average molecular weight is 261 g/mol. The minimum atomic E-state index is -0.759. The molecule has 0 spiro atoms. The molecule has 0 aromatic rings. The monoisotopic (exact) mass is 261 g/mol. The summed E-state index contributed by atoms with van der Waals surface area (Å²) in [5, 5.41) is 17.6. The van der Waals surface area contributed by atoms with Crippen LogP contribution in [0.3, 0.4) is 0 Å². The van der Waals surface area contributed by atoms with Crippen molar-refractivity contribution in [2.45, 2.75) is 30.9 Å². The second-order valence-corrected chi connectivity index (χ2v) is 5.63. The molecule has 6 heteroatoms. The number of rotatable bonds is 7. The van der Waals surface area contributed by atoms with Crippen LogP contribution in [0.5, 0.6) is 0 Å². The maximum Gasteiger partial charge on any atom is 0.304 e. The molecule has 1 atom stereocenters. The zero-order valence-electron chi connectivity index (χ0n) is 9.80. The Kier molecular flexibility index (Phi) is 6.36. The van der Waals surface area contributed by atoms with Gasteiger partial charge in [0.2, 0.25) is 0 Å². The molecule has 98 valence electrons. The Balaban J connectivity index is 2.19. The lowest BCUT2D eigenvalue weighted by molar-refractivity contribution is -0.138. The fourth-order valence-corrected chi connectivity index (χ4v) is 3.19. The van der Waals surface area contributed by atoms with Gasteiger partial charge in [0.15, 0.2) is 0 Å². The van der Waals surface area contributed by atoms with E-state index in [2.05, 4.69) is 4.90 Å². The van der Waals surface area contributed by atoms with Gasteiger partial charge in [0.05, 0.1) is 12.8 Å². The minimum Gasteiger partial charge on any atom is -0.481 e. The van der Waals surface area contributed by atoms with E-state index in [1.54, 1.807) is 11.8 Å². The molecule has 1 rings (SSSR count). The van der Waals surface area contributed by atoms with Crippen LogP contribution in [-0.4, -0.2) is 57.7 Å². The molecule has 0 amide bonds. The molecule has 17 heavy (non-hydrogen) atoms. The number of hydrogen-bond acceptors (Lipinski definition) is 4. The normalized spacial score (nSPS) is 21.3. The van der Waals surface area contributed by atoms with Gasteiger partial charge in [-0.2, -0.15) is 11.8 Å². The van der Waals surface area contributed by atoms with E-state index >= 15 is 0 Å². The fourth-order valence-electron chi connectivity index (χ4n) is 1.92. The van der Waals surface area contributed by atoms with Crippen LogP contribution in [0.2, 0.25) is 0 Å². The molecule has 0 bridgehead atoms. The molecule has 1 aliphatic rings. The topological polar surface area (TPSA) is 77.8 Å². The maximum atomic E-state index is 10.5. The number of likely N-dealkylation sites (tertiary alicyclic amines) is 1. The number of aliphatic carboxylic acids is 2. The third kappa shape index (κ3) is 6.53. The first kappa shape index (κ1) is 14.3. The highest BCUT2D eigenvalue weighted by atomic mass is 32.2. The van der Waals surface area contributed by atoms with E-state index in [0.717, 1.165) is 25.9 Å². The van der Waals surface area contributed by atoms with Gasteiger partial charge in [-0.25, -0.2) is 0 Å². The smallest absolute Gasteiger partial charge is 0.304 e. The highest BCUT2D eigenvalue weighted by molar-refractivity contribution is 7.99. The molecule has 0 saturated carbocycles. The summed E-state index contributed by atoms with van der Waals surface area (Å²) >= 11 is 1.69. The summed E-state index contributed by atoms with van der Waals surface area (Å²) in [6, 6.07) is 0. The molecular formula is C11H19NO4S. The van der Waals surface area contributed by atoms with E-state index < -0.39 is 11.9 Å². The van der Waals surface area contributed by atoms with Crippen molar-refractivity contribution in [3.05, 3.63) is 0 Å². The molecule has 0 aliphatic carbocycles. The van der Waals surface area contributed by atoms with Gasteiger partial charge < -0.3 is 15.1 Å². The van der Waals surface area contributed by atoms with Crippen molar-refractivity contribution in [3.8, 4) is 0 Å². The van der Waals surface area contributed by atoms with Crippen molar-refractivity contribution in [2.75, 3.05) is 25.4 Å². The van der Waals surface area contributed by atoms with Gasteiger partial charge in [-0.3, -0.25) is 9.59 Å². The highest BCUT2D eigenvalue weighted by Gasteiger charge is 2.20. The summed E-state index contributed by atoms with van der Waals surface area (Å²) in [6.07, 6.45) is 2.57. The standard InChI is InChI=1S/C11H19NO4S/c13-10(14)3-6-12-5-1-2-9(8-12)17-7-4-11(15)16/h9H,1-8H2,(H,13,14)(H,15,16). The summed E-state index contributed by atoms with van der Waals surface area (Å²) in [5.41, 5.74) is 0. The second-order valence-electron chi connectivity index (χ2n) is 4.22. The van der Waals surface area contributed by atoms with Crippen molar-refractivity contribution in [1.82, 2.24) is 4.90 Å². The predicted molar refractivity (Wildman–Crippen MR) is 66.4 cm³/mol. The fraction of sp³-hybridized carbons (Fsp3) is 0.818. The lowest BCUT2D eigenvalue weighted by atomic mass is 10.1. The quantitative estimate of drug-likeness (QED) is 0.715. The first-order valence-electron chi connectivity index (χ1n) is 5.85. The Morgan fingerprint density at radius 3 is 2.59 bits per heavy atom. The van der Waals surface area contributed by atoms with Gasteiger partial charge >= 0.3 is 11.9 Å². The molecular weight excluding hydrogens is 242 g/mol. The Morgan fingerprint density at radius 2 is 1.94 bits per heavy atom. The number of carboxylic acids is 2. The average Bonchev–Trinajstić information content (AvgIpc) is 2.26. The summed E-state index contributed by atoms with van der Waals surface area (Å²) in [6.45, 7) is 2.45. The summed E-state index contributed by atoms with van der Waals surface area (Å²) in [7, 11) is 0. The van der Waals surface area contributed by atoms with Crippen LogP contribution in [0.1, 0.15) is 25.7 Å². The third-order valence-electron chi connectivity index (χ3n) is 2.77. The molecule has 0 aromatic heterocycles. The van der Waals surface area contributed by atoms with E-state index in [-0.39, 0.29) is 12.8 Å². The van der Waals surface area contributed by atoms with Crippen LogP contribution >= 0.6 is 11.8 Å². The molecule has 0 radical (unpaired) electrons. The predicted octanol–water partition coefficient (Wildman–Crippen LogP) is 1.13. The van der Waals surface area contributed by atoms with Crippen LogP contribution < -0.4 is 0 Å². The van der Waals surface area contributed by atoms with Crippen LogP contribution in [0, 0.1) is 0 Å². The molecule has 1 unspecified atom stereocenters. The summed E-state index contributed by atoms with van der Waals surface area (Å²) < 4.78 is 0. The van der Waals surface area contributed by atoms with Crippen molar-refractivity contribution >= 4 is 23.7 Å². The molecule has 1 fully saturated rings. The van der Waals surface area contributed by atoms with Gasteiger partial charge in [-0.1, -0.05) is 0 Å². The number of nitrogens with zero attached hydrogens (tertiary/aromatic N) is 1. The number of thioether (sulfide) groups is 1. The van der Waals surface area contributed by atoms with Gasteiger partial charge in [0, 0.05) is 24.1 Å². The zero-order chi connectivity index (χ0) is 12.7. The second kappa shape index (κ2) is 7.55. The largest absolute Gasteiger partial charge is 0.481 e. The summed E-state index contributed by atoms with van der Waals surface area (Å²) in [5.74, 6) is -0.867. The van der Waals surface area contributed by atoms with E-state index in [1.165, 1.54) is 0 Å². The molecule has 1 saturated heterocycles. The Hall–Kier alpha value is -0.750. The molecule has 2 N–H and O–H groups in total.